The van der Waals surface area contributed by atoms with E-state index in [-0.39, 0.29) is 17.7 Å². The van der Waals surface area contributed by atoms with Gasteiger partial charge in [0.05, 0.1) is 5.92 Å². The summed E-state index contributed by atoms with van der Waals surface area (Å²) in [7, 11) is 1.73. The Bertz CT molecular complexity index is 650. The number of amides is 2. The van der Waals surface area contributed by atoms with Crippen molar-refractivity contribution < 1.29 is 14.3 Å². The van der Waals surface area contributed by atoms with E-state index >= 15 is 0 Å². The van der Waals surface area contributed by atoms with Crippen LogP contribution in [0.1, 0.15) is 30.4 Å². The normalized spacial score (nSPS) is 21.9. The minimum atomic E-state index is -0.215. The summed E-state index contributed by atoms with van der Waals surface area (Å²) in [5.74, 6) is 0.519. The zero-order valence-electron chi connectivity index (χ0n) is 15.5. The molecule has 1 atom stereocenters. The lowest BCUT2D eigenvalue weighted by molar-refractivity contribution is -0.137. The smallest absolute Gasteiger partial charge is 0.228 e. The highest BCUT2D eigenvalue weighted by Gasteiger charge is 2.38. The molecule has 0 bridgehead atoms. The molecule has 2 aliphatic heterocycles. The zero-order valence-corrected chi connectivity index (χ0v) is 15.5. The Labute approximate surface area is 149 Å². The van der Waals surface area contributed by atoms with Crippen molar-refractivity contribution in [2.75, 3.05) is 38.3 Å². The number of anilines is 1. The van der Waals surface area contributed by atoms with Gasteiger partial charge in [0.25, 0.3) is 0 Å². The number of methoxy groups -OCH3 is 1. The van der Waals surface area contributed by atoms with Gasteiger partial charge in [0, 0.05) is 45.5 Å². The maximum Gasteiger partial charge on any atom is 0.228 e. The van der Waals surface area contributed by atoms with Crippen molar-refractivity contribution in [2.45, 2.75) is 33.1 Å². The first-order chi connectivity index (χ1) is 12.0. The Morgan fingerprint density at radius 1 is 1.20 bits per heavy atom. The molecule has 2 saturated heterocycles. The number of carbonyl (C=O) groups is 2. The second-order valence-corrected chi connectivity index (χ2v) is 7.40. The van der Waals surface area contributed by atoms with Crippen molar-refractivity contribution in [3.05, 3.63) is 29.3 Å². The van der Waals surface area contributed by atoms with Crippen molar-refractivity contribution in [3.63, 3.8) is 0 Å². The lowest BCUT2D eigenvalue weighted by Crippen LogP contribution is -2.43. The molecule has 0 N–H and O–H groups in total. The Morgan fingerprint density at radius 3 is 2.56 bits per heavy atom. The van der Waals surface area contributed by atoms with Gasteiger partial charge in [-0.15, -0.1) is 0 Å². The number of hydrogen-bond acceptors (Lipinski definition) is 3. The molecule has 2 fully saturated rings. The van der Waals surface area contributed by atoms with E-state index in [0.29, 0.717) is 18.9 Å². The minimum Gasteiger partial charge on any atom is -0.384 e. The van der Waals surface area contributed by atoms with Gasteiger partial charge < -0.3 is 14.5 Å². The van der Waals surface area contributed by atoms with Crippen LogP contribution in [-0.4, -0.2) is 50.1 Å². The summed E-state index contributed by atoms with van der Waals surface area (Å²) in [6.07, 6.45) is 2.30. The highest BCUT2D eigenvalue weighted by atomic mass is 16.5. The fourth-order valence-electron chi connectivity index (χ4n) is 3.83. The molecule has 1 unspecified atom stereocenters. The molecule has 2 amide bonds. The van der Waals surface area contributed by atoms with Gasteiger partial charge in [0.15, 0.2) is 0 Å². The number of carbonyl (C=O) groups excluding carboxylic acids is 2. The molecule has 25 heavy (non-hydrogen) atoms. The van der Waals surface area contributed by atoms with Crippen molar-refractivity contribution >= 4 is 17.5 Å². The summed E-state index contributed by atoms with van der Waals surface area (Å²) in [5, 5.41) is 0. The third-order valence-electron chi connectivity index (χ3n) is 5.61. The summed E-state index contributed by atoms with van der Waals surface area (Å²) in [4.78, 5) is 29.0. The number of ether oxygens (including phenoxy) is 1. The number of piperidine rings is 1. The molecule has 5 nitrogen and oxygen atoms in total. The van der Waals surface area contributed by atoms with Crippen LogP contribution in [-0.2, 0) is 14.3 Å². The number of likely N-dealkylation sites (tertiary alicyclic amines) is 1. The second kappa shape index (κ2) is 7.56. The maximum atomic E-state index is 12.8. The Balaban J connectivity index is 1.62. The van der Waals surface area contributed by atoms with E-state index < -0.39 is 0 Å². The van der Waals surface area contributed by atoms with Gasteiger partial charge in [-0.25, -0.2) is 0 Å². The van der Waals surface area contributed by atoms with E-state index in [2.05, 4.69) is 6.92 Å². The molecule has 2 aliphatic rings. The predicted octanol–water partition coefficient (Wildman–Crippen LogP) is 2.54. The highest BCUT2D eigenvalue weighted by Crippen LogP contribution is 2.29. The molecule has 0 spiro atoms. The van der Waals surface area contributed by atoms with E-state index in [1.165, 1.54) is 11.1 Å². The van der Waals surface area contributed by atoms with Gasteiger partial charge in [-0.3, -0.25) is 9.59 Å². The summed E-state index contributed by atoms with van der Waals surface area (Å²) in [5.41, 5.74) is 3.28. The molecule has 5 heteroatoms. The first kappa shape index (κ1) is 17.9. The second-order valence-electron chi connectivity index (χ2n) is 7.40. The Morgan fingerprint density at radius 2 is 1.92 bits per heavy atom. The quantitative estimate of drug-likeness (QED) is 0.843. The van der Waals surface area contributed by atoms with E-state index in [1.807, 2.05) is 30.0 Å². The molecule has 0 radical (unpaired) electrons. The van der Waals surface area contributed by atoms with Gasteiger partial charge in [0.2, 0.25) is 11.8 Å². The van der Waals surface area contributed by atoms with Crippen LogP contribution in [0.3, 0.4) is 0 Å². The topological polar surface area (TPSA) is 49.9 Å². The number of hydrogen-bond donors (Lipinski definition) is 0. The fourth-order valence-corrected chi connectivity index (χ4v) is 3.83. The van der Waals surface area contributed by atoms with E-state index in [0.717, 1.165) is 38.2 Å². The Hall–Kier alpha value is -1.88. The van der Waals surface area contributed by atoms with Crippen LogP contribution in [0.15, 0.2) is 18.2 Å². The molecular formula is C20H28N2O3. The van der Waals surface area contributed by atoms with Gasteiger partial charge in [-0.2, -0.15) is 0 Å². The summed E-state index contributed by atoms with van der Waals surface area (Å²) < 4.78 is 5.22. The summed E-state index contributed by atoms with van der Waals surface area (Å²) in [6, 6.07) is 6.05. The van der Waals surface area contributed by atoms with E-state index in [1.54, 1.807) is 12.0 Å². The zero-order chi connectivity index (χ0) is 18.0. The molecule has 2 heterocycles. The molecular weight excluding hydrogens is 316 g/mol. The predicted molar refractivity (Wildman–Crippen MR) is 97.6 cm³/mol. The first-order valence-electron chi connectivity index (χ1n) is 9.15. The van der Waals surface area contributed by atoms with Gasteiger partial charge in [-0.05, 0) is 55.9 Å². The third-order valence-corrected chi connectivity index (χ3v) is 5.61. The number of nitrogens with zero attached hydrogens (tertiary/aromatic N) is 2. The molecule has 3 rings (SSSR count). The first-order valence-corrected chi connectivity index (χ1v) is 9.15. The molecule has 1 aromatic rings. The third kappa shape index (κ3) is 3.87. The SMILES string of the molecule is COCC1CCN(C(=O)C2CC(=O)N(c3ccc(C)c(C)c3)C2)CC1. The molecule has 0 saturated carbocycles. The number of benzene rings is 1. The molecule has 1 aromatic carbocycles. The van der Waals surface area contributed by atoms with Crippen LogP contribution in [0.4, 0.5) is 5.69 Å². The Kier molecular flexibility index (Phi) is 5.42. The minimum absolute atomic E-state index is 0.0517. The van der Waals surface area contributed by atoms with Crippen molar-refractivity contribution in [2.24, 2.45) is 11.8 Å². The van der Waals surface area contributed by atoms with Gasteiger partial charge in [0.1, 0.15) is 0 Å². The summed E-state index contributed by atoms with van der Waals surface area (Å²) >= 11 is 0. The maximum absolute atomic E-state index is 12.8. The van der Waals surface area contributed by atoms with Crippen molar-refractivity contribution in [1.82, 2.24) is 4.90 Å². The van der Waals surface area contributed by atoms with E-state index in [9.17, 15) is 9.59 Å². The van der Waals surface area contributed by atoms with Crippen LogP contribution >= 0.6 is 0 Å². The molecule has 136 valence electrons. The largest absolute Gasteiger partial charge is 0.384 e. The lowest BCUT2D eigenvalue weighted by atomic mass is 9.96. The van der Waals surface area contributed by atoms with E-state index in [4.69, 9.17) is 4.74 Å². The summed E-state index contributed by atoms with van der Waals surface area (Å²) in [6.45, 7) is 6.93. The molecule has 0 aliphatic carbocycles. The van der Waals surface area contributed by atoms with Crippen LogP contribution < -0.4 is 4.90 Å². The van der Waals surface area contributed by atoms with Crippen LogP contribution in [0.25, 0.3) is 0 Å². The highest BCUT2D eigenvalue weighted by molar-refractivity contribution is 6.00. The number of rotatable bonds is 4. The average Bonchev–Trinajstić information content (AvgIpc) is 2.99. The standard InChI is InChI=1S/C20H28N2O3/c1-14-4-5-18(10-15(14)2)22-12-17(11-19(22)23)20(24)21-8-6-16(7-9-21)13-25-3/h4-5,10,16-17H,6-9,11-13H2,1-3H3. The van der Waals surface area contributed by atoms with Crippen LogP contribution in [0.5, 0.6) is 0 Å². The van der Waals surface area contributed by atoms with Gasteiger partial charge in [-0.1, -0.05) is 6.07 Å². The van der Waals surface area contributed by atoms with Crippen LogP contribution in [0, 0.1) is 25.7 Å². The van der Waals surface area contributed by atoms with Crippen LogP contribution in [0.2, 0.25) is 0 Å². The molecule has 0 aromatic heterocycles. The van der Waals surface area contributed by atoms with Gasteiger partial charge >= 0.3 is 0 Å². The lowest BCUT2D eigenvalue weighted by Gasteiger charge is -2.33. The van der Waals surface area contributed by atoms with Crippen molar-refractivity contribution in [3.8, 4) is 0 Å². The fraction of sp³-hybridized carbons (Fsp3) is 0.600. The average molecular weight is 344 g/mol. The van der Waals surface area contributed by atoms with Crippen molar-refractivity contribution in [1.29, 1.82) is 0 Å². The number of aryl methyl sites for hydroxylation is 2. The monoisotopic (exact) mass is 344 g/mol.